The minimum absolute atomic E-state index is 0.436. The lowest BCUT2D eigenvalue weighted by Gasteiger charge is -2.19. The van der Waals surface area contributed by atoms with Gasteiger partial charge in [-0.25, -0.2) is 0 Å². The zero-order chi connectivity index (χ0) is 12.8. The molecule has 0 aliphatic heterocycles. The van der Waals surface area contributed by atoms with Gasteiger partial charge in [-0.3, -0.25) is 0 Å². The second-order valence-corrected chi connectivity index (χ2v) is 4.94. The summed E-state index contributed by atoms with van der Waals surface area (Å²) < 4.78 is 5.30. The normalized spacial score (nSPS) is 12.8. The van der Waals surface area contributed by atoms with Crippen LogP contribution in [0, 0.1) is 0 Å². The van der Waals surface area contributed by atoms with Gasteiger partial charge >= 0.3 is 0 Å². The van der Waals surface area contributed by atoms with Gasteiger partial charge in [0.1, 0.15) is 5.75 Å². The van der Waals surface area contributed by atoms with Crippen molar-refractivity contribution >= 4 is 11.6 Å². The van der Waals surface area contributed by atoms with Crippen molar-refractivity contribution < 1.29 is 4.74 Å². The Labute approximate surface area is 109 Å². The Balaban J connectivity index is 2.56. The predicted octanol–water partition coefficient (Wildman–Crippen LogP) is 2.39. The Kier molecular flexibility index (Phi) is 5.75. The topological polar surface area (TPSA) is 24.5 Å². The van der Waals surface area contributed by atoms with Crippen molar-refractivity contribution in [2.24, 2.45) is 0 Å². The molecule has 1 aromatic rings. The van der Waals surface area contributed by atoms with Crippen molar-refractivity contribution in [3.63, 3.8) is 0 Å². The molecule has 1 N–H and O–H groups in total. The molecular weight excluding hydrogens is 236 g/mol. The van der Waals surface area contributed by atoms with Crippen molar-refractivity contribution in [3.05, 3.63) is 28.8 Å². The summed E-state index contributed by atoms with van der Waals surface area (Å²) >= 11 is 5.92. The zero-order valence-corrected chi connectivity index (χ0v) is 11.7. The van der Waals surface area contributed by atoms with Crippen LogP contribution in [0.4, 0.5) is 0 Å². The number of hydrogen-bond donors (Lipinski definition) is 1. The van der Waals surface area contributed by atoms with Crippen LogP contribution in [0.3, 0.4) is 0 Å². The van der Waals surface area contributed by atoms with E-state index in [2.05, 4.69) is 31.2 Å². The Hall–Kier alpha value is -0.770. The first-order chi connectivity index (χ1) is 8.02. The Bertz CT molecular complexity index is 355. The van der Waals surface area contributed by atoms with Gasteiger partial charge in [-0.2, -0.15) is 0 Å². The van der Waals surface area contributed by atoms with E-state index in [9.17, 15) is 0 Å². The van der Waals surface area contributed by atoms with Gasteiger partial charge < -0.3 is 15.0 Å². The van der Waals surface area contributed by atoms with Gasteiger partial charge in [0.15, 0.2) is 0 Å². The quantitative estimate of drug-likeness (QED) is 0.846. The SMILES string of the molecule is COc1cc(Cl)ccc1CNC(C)CN(C)C. The number of nitrogens with zero attached hydrogens (tertiary/aromatic N) is 1. The highest BCUT2D eigenvalue weighted by molar-refractivity contribution is 6.30. The fourth-order valence-corrected chi connectivity index (χ4v) is 1.92. The first-order valence-electron chi connectivity index (χ1n) is 5.73. The van der Waals surface area contributed by atoms with Crippen molar-refractivity contribution in [3.8, 4) is 5.75 Å². The number of hydrogen-bond acceptors (Lipinski definition) is 3. The molecule has 0 saturated carbocycles. The number of rotatable bonds is 6. The van der Waals surface area contributed by atoms with Crippen molar-refractivity contribution in [2.75, 3.05) is 27.7 Å². The van der Waals surface area contributed by atoms with Gasteiger partial charge in [0.2, 0.25) is 0 Å². The van der Waals surface area contributed by atoms with Gasteiger partial charge in [0, 0.05) is 29.7 Å². The fraction of sp³-hybridized carbons (Fsp3) is 0.538. The lowest BCUT2D eigenvalue weighted by atomic mass is 10.2. The van der Waals surface area contributed by atoms with Gasteiger partial charge in [0.25, 0.3) is 0 Å². The molecule has 0 aliphatic carbocycles. The molecule has 0 radical (unpaired) electrons. The molecule has 1 rings (SSSR count). The number of methoxy groups -OCH3 is 1. The van der Waals surface area contributed by atoms with Crippen molar-refractivity contribution in [1.29, 1.82) is 0 Å². The smallest absolute Gasteiger partial charge is 0.124 e. The van der Waals surface area contributed by atoms with Crippen LogP contribution in [0.1, 0.15) is 12.5 Å². The maximum Gasteiger partial charge on any atom is 0.124 e. The van der Waals surface area contributed by atoms with Gasteiger partial charge in [0.05, 0.1) is 7.11 Å². The molecular formula is C13H21ClN2O. The summed E-state index contributed by atoms with van der Waals surface area (Å²) in [6.45, 7) is 3.97. The van der Waals surface area contributed by atoms with Gasteiger partial charge in [-0.1, -0.05) is 17.7 Å². The summed E-state index contributed by atoms with van der Waals surface area (Å²) in [5.74, 6) is 0.835. The summed E-state index contributed by atoms with van der Waals surface area (Å²) in [7, 11) is 5.81. The molecule has 0 fully saturated rings. The maximum absolute atomic E-state index is 5.92. The molecule has 0 heterocycles. The summed E-state index contributed by atoms with van der Waals surface area (Å²) in [6.07, 6.45) is 0. The summed E-state index contributed by atoms with van der Waals surface area (Å²) in [4.78, 5) is 2.16. The highest BCUT2D eigenvalue weighted by Crippen LogP contribution is 2.22. The van der Waals surface area contributed by atoms with E-state index in [-0.39, 0.29) is 0 Å². The molecule has 17 heavy (non-hydrogen) atoms. The zero-order valence-electron chi connectivity index (χ0n) is 11.0. The van der Waals surface area contributed by atoms with Crippen LogP contribution < -0.4 is 10.1 Å². The van der Waals surface area contributed by atoms with E-state index in [1.165, 1.54) is 0 Å². The largest absolute Gasteiger partial charge is 0.496 e. The number of ether oxygens (including phenoxy) is 1. The van der Waals surface area contributed by atoms with E-state index in [1.807, 2.05) is 18.2 Å². The summed E-state index contributed by atoms with van der Waals surface area (Å²) in [5, 5.41) is 4.16. The minimum atomic E-state index is 0.436. The van der Waals surface area contributed by atoms with Crippen LogP contribution in [0.15, 0.2) is 18.2 Å². The monoisotopic (exact) mass is 256 g/mol. The Morgan fingerprint density at radius 3 is 2.71 bits per heavy atom. The highest BCUT2D eigenvalue weighted by atomic mass is 35.5. The molecule has 0 saturated heterocycles. The number of benzene rings is 1. The second-order valence-electron chi connectivity index (χ2n) is 4.50. The third kappa shape index (κ3) is 4.94. The van der Waals surface area contributed by atoms with E-state index in [1.54, 1.807) is 7.11 Å². The molecule has 96 valence electrons. The van der Waals surface area contributed by atoms with Crippen LogP contribution in [0.5, 0.6) is 5.75 Å². The molecule has 3 nitrogen and oxygen atoms in total. The molecule has 0 bridgehead atoms. The van der Waals surface area contributed by atoms with E-state index in [0.717, 1.165) is 24.4 Å². The van der Waals surface area contributed by atoms with E-state index in [0.29, 0.717) is 11.1 Å². The van der Waals surface area contributed by atoms with Crippen LogP contribution >= 0.6 is 11.6 Å². The summed E-state index contributed by atoms with van der Waals surface area (Å²) in [5.41, 5.74) is 1.13. The standard InChI is InChI=1S/C13H21ClN2O/c1-10(9-16(2)3)15-8-11-5-6-12(14)7-13(11)17-4/h5-7,10,15H,8-9H2,1-4H3. The van der Waals surface area contributed by atoms with Gasteiger partial charge in [-0.15, -0.1) is 0 Å². The Morgan fingerprint density at radius 1 is 1.41 bits per heavy atom. The lowest BCUT2D eigenvalue weighted by Crippen LogP contribution is -2.35. The fourth-order valence-electron chi connectivity index (χ4n) is 1.76. The first kappa shape index (κ1) is 14.3. The van der Waals surface area contributed by atoms with Crippen molar-refractivity contribution in [1.82, 2.24) is 10.2 Å². The van der Waals surface area contributed by atoms with E-state index >= 15 is 0 Å². The average Bonchev–Trinajstić information content (AvgIpc) is 2.26. The average molecular weight is 257 g/mol. The molecule has 1 unspecified atom stereocenters. The number of halogens is 1. The first-order valence-corrected chi connectivity index (χ1v) is 6.11. The Morgan fingerprint density at radius 2 is 2.12 bits per heavy atom. The van der Waals surface area contributed by atoms with E-state index in [4.69, 9.17) is 16.3 Å². The van der Waals surface area contributed by atoms with Crippen LogP contribution in [-0.4, -0.2) is 38.7 Å². The molecule has 0 aromatic heterocycles. The molecule has 1 aromatic carbocycles. The minimum Gasteiger partial charge on any atom is -0.496 e. The van der Waals surface area contributed by atoms with Crippen LogP contribution in [-0.2, 0) is 6.54 Å². The predicted molar refractivity (Wildman–Crippen MR) is 72.9 cm³/mol. The lowest BCUT2D eigenvalue weighted by molar-refractivity contribution is 0.346. The number of nitrogens with one attached hydrogen (secondary N) is 1. The maximum atomic E-state index is 5.92. The van der Waals surface area contributed by atoms with Crippen molar-refractivity contribution in [2.45, 2.75) is 19.5 Å². The molecule has 4 heteroatoms. The molecule has 1 atom stereocenters. The van der Waals surface area contributed by atoms with Crippen LogP contribution in [0.2, 0.25) is 5.02 Å². The number of likely N-dealkylation sites (N-methyl/N-ethyl adjacent to an activating group) is 1. The molecule has 0 spiro atoms. The van der Waals surface area contributed by atoms with E-state index < -0.39 is 0 Å². The second kappa shape index (κ2) is 6.84. The molecule has 0 aliphatic rings. The molecule has 0 amide bonds. The van der Waals surface area contributed by atoms with Gasteiger partial charge in [-0.05, 0) is 33.2 Å². The third-order valence-electron chi connectivity index (χ3n) is 2.53. The van der Waals surface area contributed by atoms with Crippen LogP contribution in [0.25, 0.3) is 0 Å². The summed E-state index contributed by atoms with van der Waals surface area (Å²) in [6, 6.07) is 6.16. The highest BCUT2D eigenvalue weighted by Gasteiger charge is 2.06. The third-order valence-corrected chi connectivity index (χ3v) is 2.76.